The van der Waals surface area contributed by atoms with Crippen molar-refractivity contribution >= 4 is 6.09 Å². The van der Waals surface area contributed by atoms with E-state index in [9.17, 15) is 9.90 Å². The number of aryl methyl sites for hydroxylation is 1. The molecular formula is C19H31NO3. The van der Waals surface area contributed by atoms with Crippen LogP contribution in [0.5, 0.6) is 0 Å². The summed E-state index contributed by atoms with van der Waals surface area (Å²) in [5, 5.41) is 13.3. The van der Waals surface area contributed by atoms with Crippen LogP contribution in [0.15, 0.2) is 30.3 Å². The Hall–Kier alpha value is -1.55. The average Bonchev–Trinajstić information content (AvgIpc) is 2.42. The molecule has 0 aliphatic heterocycles. The van der Waals surface area contributed by atoms with Gasteiger partial charge in [0.2, 0.25) is 0 Å². The number of ether oxygens (including phenoxy) is 1. The number of carbonyl (C=O) groups is 1. The van der Waals surface area contributed by atoms with Crippen LogP contribution < -0.4 is 5.32 Å². The van der Waals surface area contributed by atoms with Crippen LogP contribution in [0.1, 0.15) is 53.0 Å². The van der Waals surface area contributed by atoms with Gasteiger partial charge in [-0.3, -0.25) is 0 Å². The molecule has 0 fully saturated rings. The maximum Gasteiger partial charge on any atom is 0.407 e. The number of carbonyl (C=O) groups excluding carboxylic acids is 1. The first-order valence-corrected chi connectivity index (χ1v) is 8.39. The highest BCUT2D eigenvalue weighted by Gasteiger charge is 2.25. The van der Waals surface area contributed by atoms with E-state index in [0.29, 0.717) is 12.3 Å². The van der Waals surface area contributed by atoms with Gasteiger partial charge in [-0.15, -0.1) is 0 Å². The minimum Gasteiger partial charge on any atom is -0.444 e. The Morgan fingerprint density at radius 2 is 1.83 bits per heavy atom. The zero-order valence-electron chi connectivity index (χ0n) is 15.0. The molecule has 0 aliphatic carbocycles. The number of nitrogens with one attached hydrogen (secondary N) is 1. The lowest BCUT2D eigenvalue weighted by Gasteiger charge is -2.28. The van der Waals surface area contributed by atoms with E-state index in [1.54, 1.807) is 0 Å². The van der Waals surface area contributed by atoms with Gasteiger partial charge in [-0.2, -0.15) is 0 Å². The van der Waals surface area contributed by atoms with Gasteiger partial charge in [0.05, 0.1) is 12.1 Å². The van der Waals surface area contributed by atoms with E-state index >= 15 is 0 Å². The van der Waals surface area contributed by atoms with Crippen LogP contribution in [-0.4, -0.2) is 28.9 Å². The molecule has 130 valence electrons. The fourth-order valence-electron chi connectivity index (χ4n) is 2.44. The Morgan fingerprint density at radius 1 is 1.22 bits per heavy atom. The SMILES string of the molecule is CC(C)CC(NC(=O)OC(C)(C)C)C(O)CCc1ccccc1. The highest BCUT2D eigenvalue weighted by Crippen LogP contribution is 2.15. The number of hydrogen-bond acceptors (Lipinski definition) is 3. The highest BCUT2D eigenvalue weighted by atomic mass is 16.6. The lowest BCUT2D eigenvalue weighted by Crippen LogP contribution is -2.46. The number of amides is 1. The maximum atomic E-state index is 12.0. The summed E-state index contributed by atoms with van der Waals surface area (Å²) in [7, 11) is 0. The lowest BCUT2D eigenvalue weighted by atomic mass is 9.95. The Balaban J connectivity index is 2.59. The molecule has 4 nitrogen and oxygen atoms in total. The summed E-state index contributed by atoms with van der Waals surface area (Å²) in [6, 6.07) is 9.76. The molecule has 0 aromatic heterocycles. The third-order valence-corrected chi connectivity index (χ3v) is 3.46. The van der Waals surface area contributed by atoms with Crippen LogP contribution in [0, 0.1) is 5.92 Å². The van der Waals surface area contributed by atoms with E-state index in [1.807, 2.05) is 51.1 Å². The molecule has 4 heteroatoms. The molecule has 1 rings (SSSR count). The van der Waals surface area contributed by atoms with E-state index in [2.05, 4.69) is 19.2 Å². The van der Waals surface area contributed by atoms with Gasteiger partial charge < -0.3 is 15.2 Å². The molecule has 2 N–H and O–H groups in total. The molecule has 0 saturated heterocycles. The van der Waals surface area contributed by atoms with Crippen molar-refractivity contribution in [1.82, 2.24) is 5.32 Å². The van der Waals surface area contributed by atoms with Gasteiger partial charge in [0.15, 0.2) is 0 Å². The predicted octanol–water partition coefficient (Wildman–Crippen LogP) is 3.92. The quantitative estimate of drug-likeness (QED) is 0.800. The summed E-state index contributed by atoms with van der Waals surface area (Å²) in [6.07, 6.45) is 1.05. The van der Waals surface area contributed by atoms with Crippen molar-refractivity contribution in [2.45, 2.75) is 71.6 Å². The van der Waals surface area contributed by atoms with Crippen LogP contribution >= 0.6 is 0 Å². The van der Waals surface area contributed by atoms with E-state index < -0.39 is 17.8 Å². The number of hydrogen-bond donors (Lipinski definition) is 2. The van der Waals surface area contributed by atoms with Gasteiger partial charge >= 0.3 is 6.09 Å². The normalized spacial score (nSPS) is 14.4. The summed E-state index contributed by atoms with van der Waals surface area (Å²) in [5.41, 5.74) is 0.647. The molecule has 23 heavy (non-hydrogen) atoms. The first kappa shape index (κ1) is 19.5. The number of aliphatic hydroxyl groups is 1. The molecular weight excluding hydrogens is 290 g/mol. The van der Waals surface area contributed by atoms with Crippen molar-refractivity contribution in [1.29, 1.82) is 0 Å². The van der Waals surface area contributed by atoms with Crippen LogP contribution in [0.2, 0.25) is 0 Å². The van der Waals surface area contributed by atoms with E-state index in [0.717, 1.165) is 12.8 Å². The molecule has 0 heterocycles. The molecule has 0 bridgehead atoms. The molecule has 0 spiro atoms. The van der Waals surface area contributed by atoms with E-state index in [1.165, 1.54) is 5.56 Å². The maximum absolute atomic E-state index is 12.0. The molecule has 1 amide bonds. The molecule has 1 aromatic carbocycles. The minimum absolute atomic E-state index is 0.298. The third-order valence-electron chi connectivity index (χ3n) is 3.46. The molecule has 1 aromatic rings. The van der Waals surface area contributed by atoms with Gasteiger partial charge in [-0.25, -0.2) is 4.79 Å². The van der Waals surface area contributed by atoms with Crippen molar-refractivity contribution in [2.24, 2.45) is 5.92 Å². The summed E-state index contributed by atoms with van der Waals surface area (Å²) in [5.74, 6) is 0.376. The topological polar surface area (TPSA) is 58.6 Å². The van der Waals surface area contributed by atoms with Crippen molar-refractivity contribution in [2.75, 3.05) is 0 Å². The van der Waals surface area contributed by atoms with Crippen LogP contribution in [-0.2, 0) is 11.2 Å². The van der Waals surface area contributed by atoms with Crippen LogP contribution in [0.3, 0.4) is 0 Å². The molecule has 2 unspecified atom stereocenters. The molecule has 2 atom stereocenters. The number of benzene rings is 1. The monoisotopic (exact) mass is 321 g/mol. The summed E-state index contributed by atoms with van der Waals surface area (Å²) >= 11 is 0. The minimum atomic E-state index is -0.592. The van der Waals surface area contributed by atoms with Crippen molar-refractivity contribution in [3.63, 3.8) is 0 Å². The van der Waals surface area contributed by atoms with Crippen molar-refractivity contribution in [3.05, 3.63) is 35.9 Å². The fraction of sp³-hybridized carbons (Fsp3) is 0.632. The van der Waals surface area contributed by atoms with Crippen LogP contribution in [0.25, 0.3) is 0 Å². The molecule has 0 aliphatic rings. The lowest BCUT2D eigenvalue weighted by molar-refractivity contribution is 0.0394. The zero-order valence-corrected chi connectivity index (χ0v) is 15.0. The van der Waals surface area contributed by atoms with Crippen molar-refractivity contribution < 1.29 is 14.6 Å². The number of alkyl carbamates (subject to hydrolysis) is 1. The van der Waals surface area contributed by atoms with Crippen molar-refractivity contribution in [3.8, 4) is 0 Å². The number of rotatable bonds is 7. The van der Waals surface area contributed by atoms with Gasteiger partial charge in [-0.05, 0) is 51.5 Å². The second kappa shape index (κ2) is 8.92. The van der Waals surface area contributed by atoms with Gasteiger partial charge in [0.1, 0.15) is 5.60 Å². The summed E-state index contributed by atoms with van der Waals surface area (Å²) in [4.78, 5) is 12.0. The Morgan fingerprint density at radius 3 is 2.35 bits per heavy atom. The van der Waals surface area contributed by atoms with E-state index in [-0.39, 0.29) is 6.04 Å². The average molecular weight is 321 g/mol. The van der Waals surface area contributed by atoms with Gasteiger partial charge in [0, 0.05) is 0 Å². The number of aliphatic hydroxyl groups excluding tert-OH is 1. The summed E-state index contributed by atoms with van der Waals surface area (Å²) < 4.78 is 5.30. The second-order valence-corrected chi connectivity index (χ2v) is 7.47. The second-order valence-electron chi connectivity index (χ2n) is 7.47. The van der Waals surface area contributed by atoms with Gasteiger partial charge in [0.25, 0.3) is 0 Å². The molecule has 0 saturated carbocycles. The Bertz CT molecular complexity index is 465. The van der Waals surface area contributed by atoms with E-state index in [4.69, 9.17) is 4.74 Å². The highest BCUT2D eigenvalue weighted by molar-refractivity contribution is 5.68. The third kappa shape index (κ3) is 8.60. The first-order chi connectivity index (χ1) is 10.7. The first-order valence-electron chi connectivity index (χ1n) is 8.39. The largest absolute Gasteiger partial charge is 0.444 e. The zero-order chi connectivity index (χ0) is 17.5. The predicted molar refractivity (Wildman–Crippen MR) is 93.4 cm³/mol. The Kier molecular flexibility index (Phi) is 7.56. The summed E-state index contributed by atoms with van der Waals surface area (Å²) in [6.45, 7) is 9.64. The van der Waals surface area contributed by atoms with Crippen LogP contribution in [0.4, 0.5) is 4.79 Å². The smallest absolute Gasteiger partial charge is 0.407 e. The Labute approximate surface area is 140 Å². The standard InChI is InChI=1S/C19H31NO3/c1-14(2)13-16(20-18(22)23-19(3,4)5)17(21)12-11-15-9-7-6-8-10-15/h6-10,14,16-17,21H,11-13H2,1-5H3,(H,20,22). The molecule has 0 radical (unpaired) electrons. The van der Waals surface area contributed by atoms with Gasteiger partial charge in [-0.1, -0.05) is 44.2 Å². The fourth-order valence-corrected chi connectivity index (χ4v) is 2.44.